The Morgan fingerprint density at radius 1 is 1.16 bits per heavy atom. The van der Waals surface area contributed by atoms with Gasteiger partial charge >= 0.3 is 5.97 Å². The van der Waals surface area contributed by atoms with Gasteiger partial charge in [-0.1, -0.05) is 23.2 Å². The number of pyridine rings is 1. The largest absolute Gasteiger partial charge is 0.505 e. The van der Waals surface area contributed by atoms with E-state index in [9.17, 15) is 23.4 Å². The zero-order valence-corrected chi connectivity index (χ0v) is 18.7. The zero-order valence-electron chi connectivity index (χ0n) is 16.4. The zero-order chi connectivity index (χ0) is 23.0. The molecule has 0 radical (unpaired) electrons. The normalized spacial score (nSPS) is 15.1. The molecule has 2 heterocycles. The van der Waals surface area contributed by atoms with Gasteiger partial charge in [-0.2, -0.15) is 4.31 Å². The molecule has 32 heavy (non-hydrogen) atoms. The third kappa shape index (κ3) is 4.07. The van der Waals surface area contributed by atoms with E-state index in [1.807, 2.05) is 0 Å². The summed E-state index contributed by atoms with van der Waals surface area (Å²) in [5, 5.41) is 23.2. The van der Waals surface area contributed by atoms with Gasteiger partial charge in [0, 0.05) is 29.7 Å². The van der Waals surface area contributed by atoms with Crippen LogP contribution in [0.2, 0.25) is 10.0 Å². The highest BCUT2D eigenvalue weighted by molar-refractivity contribution is 7.89. The second-order valence-corrected chi connectivity index (χ2v) is 9.67. The summed E-state index contributed by atoms with van der Waals surface area (Å²) in [6.07, 6.45) is 1.21. The fourth-order valence-electron chi connectivity index (χ4n) is 3.42. The van der Waals surface area contributed by atoms with Crippen molar-refractivity contribution < 1.29 is 28.2 Å². The number of morpholine rings is 1. The lowest BCUT2D eigenvalue weighted by molar-refractivity contribution is 0.0695. The van der Waals surface area contributed by atoms with E-state index in [-0.39, 0.29) is 47.6 Å². The van der Waals surface area contributed by atoms with Gasteiger partial charge in [-0.15, -0.1) is 0 Å². The molecule has 168 valence electrons. The van der Waals surface area contributed by atoms with Crippen LogP contribution in [0, 0.1) is 0 Å². The monoisotopic (exact) mass is 497 g/mol. The SMILES string of the molecule is O=C(O)c1c(Nc2c(S(=O)(=O)N3CCOCC3)cnc3ccc(Cl)cc23)ccc(Cl)c1O. The third-order valence-electron chi connectivity index (χ3n) is 4.99. The first-order valence-corrected chi connectivity index (χ1v) is 11.6. The molecule has 9 nitrogen and oxygen atoms in total. The van der Waals surface area contributed by atoms with E-state index in [2.05, 4.69) is 10.3 Å². The average molecular weight is 498 g/mol. The predicted octanol–water partition coefficient (Wildman–Crippen LogP) is 3.71. The number of benzene rings is 2. The lowest BCUT2D eigenvalue weighted by Crippen LogP contribution is -2.40. The van der Waals surface area contributed by atoms with Crippen LogP contribution in [0.4, 0.5) is 11.4 Å². The molecule has 0 unspecified atom stereocenters. The van der Waals surface area contributed by atoms with Crippen molar-refractivity contribution in [2.45, 2.75) is 4.90 Å². The summed E-state index contributed by atoms with van der Waals surface area (Å²) < 4.78 is 33.4. The number of aromatic nitrogens is 1. The molecule has 3 aromatic rings. The molecule has 1 fully saturated rings. The summed E-state index contributed by atoms with van der Waals surface area (Å²) in [5.74, 6) is -2.08. The molecule has 0 bridgehead atoms. The van der Waals surface area contributed by atoms with Gasteiger partial charge in [0.1, 0.15) is 10.5 Å². The second kappa shape index (κ2) is 8.72. The number of ether oxygens (including phenoxy) is 1. The molecule has 1 saturated heterocycles. The summed E-state index contributed by atoms with van der Waals surface area (Å²) in [6.45, 7) is 0.834. The Bertz CT molecular complexity index is 1330. The molecule has 4 rings (SSSR count). The van der Waals surface area contributed by atoms with Crippen LogP contribution in [-0.4, -0.2) is 60.2 Å². The molecule has 0 atom stereocenters. The molecular formula is C20H17Cl2N3O6S. The minimum absolute atomic E-state index is 0.0506. The van der Waals surface area contributed by atoms with E-state index in [0.29, 0.717) is 15.9 Å². The fraction of sp³-hybridized carbons (Fsp3) is 0.200. The minimum atomic E-state index is -4.02. The van der Waals surface area contributed by atoms with Gasteiger partial charge in [0.2, 0.25) is 10.0 Å². The number of carboxylic acids is 1. The molecule has 3 N–H and O–H groups in total. The number of anilines is 2. The second-order valence-electron chi connectivity index (χ2n) is 6.92. The van der Waals surface area contributed by atoms with Crippen LogP contribution in [0.15, 0.2) is 41.4 Å². The van der Waals surface area contributed by atoms with Gasteiger partial charge < -0.3 is 20.3 Å². The number of hydrogen-bond donors (Lipinski definition) is 3. The van der Waals surface area contributed by atoms with Crippen LogP contribution in [0.5, 0.6) is 5.75 Å². The average Bonchev–Trinajstić information content (AvgIpc) is 2.77. The molecule has 0 saturated carbocycles. The van der Waals surface area contributed by atoms with Gasteiger partial charge in [-0.05, 0) is 30.3 Å². The van der Waals surface area contributed by atoms with Crippen molar-refractivity contribution in [2.24, 2.45) is 0 Å². The van der Waals surface area contributed by atoms with Crippen LogP contribution in [0.1, 0.15) is 10.4 Å². The van der Waals surface area contributed by atoms with Gasteiger partial charge in [0.25, 0.3) is 0 Å². The number of sulfonamides is 1. The first-order chi connectivity index (χ1) is 15.2. The lowest BCUT2D eigenvalue weighted by Gasteiger charge is -2.27. The number of rotatable bonds is 5. The summed E-state index contributed by atoms with van der Waals surface area (Å²) in [5.41, 5.74) is -0.0365. The lowest BCUT2D eigenvalue weighted by atomic mass is 10.1. The molecule has 1 aliphatic heterocycles. The molecule has 2 aromatic carbocycles. The van der Waals surface area contributed by atoms with E-state index >= 15 is 0 Å². The molecule has 1 aliphatic rings. The quantitative estimate of drug-likeness (QED) is 0.486. The van der Waals surface area contributed by atoms with Crippen molar-refractivity contribution in [2.75, 3.05) is 31.6 Å². The van der Waals surface area contributed by atoms with Crippen molar-refractivity contribution >= 4 is 61.5 Å². The maximum absolute atomic E-state index is 13.4. The molecular weight excluding hydrogens is 481 g/mol. The van der Waals surface area contributed by atoms with Crippen molar-refractivity contribution in [3.05, 3.63) is 52.1 Å². The van der Waals surface area contributed by atoms with Crippen LogP contribution in [-0.2, 0) is 14.8 Å². The first-order valence-electron chi connectivity index (χ1n) is 9.38. The Kier molecular flexibility index (Phi) is 6.15. The van der Waals surface area contributed by atoms with E-state index in [0.717, 1.165) is 0 Å². The number of aromatic hydroxyl groups is 1. The van der Waals surface area contributed by atoms with Crippen LogP contribution >= 0.6 is 23.2 Å². The maximum Gasteiger partial charge on any atom is 0.341 e. The molecule has 1 aromatic heterocycles. The third-order valence-corrected chi connectivity index (χ3v) is 7.44. The fourth-order valence-corrected chi connectivity index (χ4v) is 5.26. The minimum Gasteiger partial charge on any atom is -0.505 e. The Hall–Kier alpha value is -2.63. The standard InChI is InChI=1S/C20H17Cl2N3O6S/c21-11-1-3-14-12(9-11)18(24-15-4-2-13(22)19(26)17(15)20(27)28)16(10-23-14)32(29,30)25-5-7-31-8-6-25/h1-4,9-10,26H,5-8H2,(H,23,24)(H,27,28). The first kappa shape index (κ1) is 22.6. The van der Waals surface area contributed by atoms with E-state index in [1.54, 1.807) is 12.1 Å². The van der Waals surface area contributed by atoms with Crippen molar-refractivity contribution in [3.8, 4) is 5.75 Å². The molecule has 0 amide bonds. The van der Waals surface area contributed by atoms with Crippen molar-refractivity contribution in [1.82, 2.24) is 9.29 Å². The summed E-state index contributed by atoms with van der Waals surface area (Å²) >= 11 is 12.0. The Balaban J connectivity index is 1.95. The Morgan fingerprint density at radius 2 is 1.88 bits per heavy atom. The summed E-state index contributed by atoms with van der Waals surface area (Å²) in [4.78, 5) is 15.9. The number of fused-ring (bicyclic) bond motifs is 1. The number of nitrogens with one attached hydrogen (secondary N) is 1. The van der Waals surface area contributed by atoms with E-state index in [1.165, 1.54) is 28.7 Å². The highest BCUT2D eigenvalue weighted by Crippen LogP contribution is 2.39. The van der Waals surface area contributed by atoms with E-state index in [4.69, 9.17) is 27.9 Å². The highest BCUT2D eigenvalue weighted by Gasteiger charge is 2.31. The predicted molar refractivity (Wildman–Crippen MR) is 120 cm³/mol. The summed E-state index contributed by atoms with van der Waals surface area (Å²) in [6, 6.07) is 7.39. The number of hydrogen-bond acceptors (Lipinski definition) is 7. The number of halogens is 2. The van der Waals surface area contributed by atoms with Crippen molar-refractivity contribution in [1.29, 1.82) is 0 Å². The molecule has 0 aliphatic carbocycles. The smallest absolute Gasteiger partial charge is 0.341 e. The number of phenols is 1. The van der Waals surface area contributed by atoms with Crippen molar-refractivity contribution in [3.63, 3.8) is 0 Å². The van der Waals surface area contributed by atoms with Gasteiger partial charge in [-0.3, -0.25) is 4.98 Å². The van der Waals surface area contributed by atoms with Crippen LogP contribution in [0.25, 0.3) is 10.9 Å². The van der Waals surface area contributed by atoms with Gasteiger partial charge in [0.15, 0.2) is 5.75 Å². The maximum atomic E-state index is 13.4. The Morgan fingerprint density at radius 3 is 2.56 bits per heavy atom. The summed E-state index contributed by atoms with van der Waals surface area (Å²) in [7, 11) is -4.02. The van der Waals surface area contributed by atoms with Crippen LogP contribution < -0.4 is 5.32 Å². The molecule has 12 heteroatoms. The topological polar surface area (TPSA) is 129 Å². The van der Waals surface area contributed by atoms with Crippen LogP contribution in [0.3, 0.4) is 0 Å². The van der Waals surface area contributed by atoms with Gasteiger partial charge in [0.05, 0.1) is 35.1 Å². The number of carboxylic acid groups (broad SMARTS) is 1. The van der Waals surface area contributed by atoms with E-state index < -0.39 is 27.3 Å². The number of aromatic carboxylic acids is 1. The van der Waals surface area contributed by atoms with Gasteiger partial charge in [-0.25, -0.2) is 13.2 Å². The highest BCUT2D eigenvalue weighted by atomic mass is 35.5. The Labute approximate surface area is 193 Å². The number of nitrogens with zero attached hydrogens (tertiary/aromatic N) is 2. The number of carbonyl (C=O) groups is 1. The molecule has 0 spiro atoms.